The van der Waals surface area contributed by atoms with Gasteiger partial charge in [0.1, 0.15) is 0 Å². The third-order valence-electron chi connectivity index (χ3n) is 7.76. The number of hydrogen-bond acceptors (Lipinski definition) is 2. The number of rotatable bonds is 8. The Morgan fingerprint density at radius 2 is 0.630 bits per heavy atom. The van der Waals surface area contributed by atoms with Gasteiger partial charge in [0.05, 0.1) is 23.2 Å². The fraction of sp³-hybridized carbons (Fsp3) is 0.0476. The maximum Gasteiger partial charge on any atom is 0.236 e. The monoisotopic (exact) mass is 596 g/mol. The van der Waals surface area contributed by atoms with E-state index in [0.29, 0.717) is 22.5 Å². The molecule has 0 unspecified atom stereocenters. The second-order valence-electron chi connectivity index (χ2n) is 10.8. The second-order valence-corrected chi connectivity index (χ2v) is 10.8. The maximum atomic E-state index is 13.8. The molecule has 0 aromatic heterocycles. The molecule has 0 fully saturated rings. The Kier molecular flexibility index (Phi) is 9.44. The van der Waals surface area contributed by atoms with Gasteiger partial charge in [0, 0.05) is 11.1 Å². The van der Waals surface area contributed by atoms with Crippen LogP contribution in [0, 0.1) is 11.8 Å². The van der Waals surface area contributed by atoms with Gasteiger partial charge in [-0.25, -0.2) is 0 Å². The molecule has 6 rings (SSSR count). The van der Waals surface area contributed by atoms with Crippen molar-refractivity contribution < 1.29 is 9.59 Å². The lowest BCUT2D eigenvalue weighted by Gasteiger charge is -2.19. The summed E-state index contributed by atoms with van der Waals surface area (Å²) in [5.41, 5.74) is 6.20. The molecule has 0 saturated heterocycles. The van der Waals surface area contributed by atoms with Gasteiger partial charge in [-0.3, -0.25) is 9.59 Å². The summed E-state index contributed by atoms with van der Waals surface area (Å²) in [4.78, 5) is 27.6. The van der Waals surface area contributed by atoms with E-state index in [9.17, 15) is 9.59 Å². The molecule has 0 aliphatic heterocycles. The van der Waals surface area contributed by atoms with Crippen LogP contribution in [0.25, 0.3) is 0 Å². The van der Waals surface area contributed by atoms with Crippen molar-refractivity contribution in [2.45, 2.75) is 11.8 Å². The van der Waals surface area contributed by atoms with Gasteiger partial charge < -0.3 is 10.6 Å². The van der Waals surface area contributed by atoms with E-state index in [0.717, 1.165) is 22.3 Å². The zero-order valence-electron chi connectivity index (χ0n) is 25.1. The van der Waals surface area contributed by atoms with Crippen molar-refractivity contribution in [1.29, 1.82) is 0 Å². The highest BCUT2D eigenvalue weighted by molar-refractivity contribution is 6.00. The van der Waals surface area contributed by atoms with Gasteiger partial charge in [-0.2, -0.15) is 0 Å². The van der Waals surface area contributed by atoms with Crippen LogP contribution in [-0.4, -0.2) is 11.8 Å². The molecule has 0 heterocycles. The van der Waals surface area contributed by atoms with Crippen LogP contribution in [-0.2, 0) is 9.59 Å². The summed E-state index contributed by atoms with van der Waals surface area (Å²) in [5, 5.41) is 6.26. The normalized spacial score (nSPS) is 10.6. The zero-order chi connectivity index (χ0) is 31.6. The Morgan fingerprint density at radius 3 is 0.935 bits per heavy atom. The van der Waals surface area contributed by atoms with Crippen LogP contribution >= 0.6 is 0 Å². The molecule has 0 aliphatic rings. The van der Waals surface area contributed by atoms with E-state index in [2.05, 4.69) is 22.5 Å². The molecule has 6 aromatic carbocycles. The molecule has 6 aromatic rings. The Labute approximate surface area is 269 Å². The van der Waals surface area contributed by atoms with Crippen LogP contribution in [0.1, 0.15) is 45.2 Å². The number of carbonyl (C=O) groups excluding carboxylic acids is 2. The molecule has 222 valence electrons. The van der Waals surface area contributed by atoms with Crippen LogP contribution in [0.2, 0.25) is 0 Å². The Bertz CT molecular complexity index is 1760. The van der Waals surface area contributed by atoms with Crippen molar-refractivity contribution in [3.05, 3.63) is 203 Å². The van der Waals surface area contributed by atoms with E-state index in [1.54, 1.807) is 0 Å². The largest absolute Gasteiger partial charge is 0.324 e. The summed E-state index contributed by atoms with van der Waals surface area (Å²) in [5.74, 6) is 5.23. The molecule has 0 atom stereocenters. The molecular weight excluding hydrogens is 564 g/mol. The number of nitrogens with one attached hydrogen (secondary N) is 2. The summed E-state index contributed by atoms with van der Waals surface area (Å²) in [6.07, 6.45) is 0. The number of para-hydroxylation sites is 2. The minimum absolute atomic E-state index is 0.146. The minimum Gasteiger partial charge on any atom is -0.324 e. The van der Waals surface area contributed by atoms with E-state index in [4.69, 9.17) is 0 Å². The minimum atomic E-state index is -0.485. The summed E-state index contributed by atoms with van der Waals surface area (Å²) in [6.45, 7) is 0. The predicted octanol–water partition coefficient (Wildman–Crippen LogP) is 8.63. The van der Waals surface area contributed by atoms with Gasteiger partial charge in [0.25, 0.3) is 0 Å². The molecule has 0 spiro atoms. The van der Waals surface area contributed by atoms with Gasteiger partial charge in [-0.1, -0.05) is 157 Å². The first kappa shape index (κ1) is 29.9. The van der Waals surface area contributed by atoms with Crippen molar-refractivity contribution in [2.75, 3.05) is 10.6 Å². The second kappa shape index (κ2) is 14.5. The van der Waals surface area contributed by atoms with Crippen molar-refractivity contribution in [2.24, 2.45) is 0 Å². The van der Waals surface area contributed by atoms with E-state index in [1.165, 1.54) is 0 Å². The molecule has 46 heavy (non-hydrogen) atoms. The lowest BCUT2D eigenvalue weighted by atomic mass is 9.90. The highest BCUT2D eigenvalue weighted by Crippen LogP contribution is 2.29. The van der Waals surface area contributed by atoms with Crippen LogP contribution in [0.3, 0.4) is 0 Å². The van der Waals surface area contributed by atoms with Gasteiger partial charge in [0.15, 0.2) is 0 Å². The predicted molar refractivity (Wildman–Crippen MR) is 186 cm³/mol. The summed E-state index contributed by atoms with van der Waals surface area (Å²) < 4.78 is 0. The summed E-state index contributed by atoms with van der Waals surface area (Å²) in [6, 6.07) is 54.0. The molecule has 2 amide bonds. The fourth-order valence-corrected chi connectivity index (χ4v) is 5.52. The molecule has 2 N–H and O–H groups in total. The first-order valence-electron chi connectivity index (χ1n) is 15.2. The highest BCUT2D eigenvalue weighted by atomic mass is 16.2. The maximum absolute atomic E-state index is 13.8. The number of hydrogen-bond donors (Lipinski definition) is 2. The molecule has 0 radical (unpaired) electrons. The van der Waals surface area contributed by atoms with Crippen LogP contribution in [0.5, 0.6) is 0 Å². The lowest BCUT2D eigenvalue weighted by molar-refractivity contribution is -0.117. The molecule has 0 saturated carbocycles. The van der Waals surface area contributed by atoms with Gasteiger partial charge in [-0.15, -0.1) is 0 Å². The number of carbonyl (C=O) groups is 2. The first-order chi connectivity index (χ1) is 22.7. The van der Waals surface area contributed by atoms with Crippen LogP contribution < -0.4 is 10.6 Å². The third kappa shape index (κ3) is 7.13. The summed E-state index contributed by atoms with van der Waals surface area (Å²) in [7, 11) is 0. The highest BCUT2D eigenvalue weighted by Gasteiger charge is 2.24. The Hall–Kier alpha value is -6.18. The van der Waals surface area contributed by atoms with Crippen LogP contribution in [0.4, 0.5) is 11.4 Å². The van der Waals surface area contributed by atoms with Gasteiger partial charge in [-0.05, 0) is 46.5 Å². The smallest absolute Gasteiger partial charge is 0.236 e. The summed E-state index contributed by atoms with van der Waals surface area (Å²) >= 11 is 0. The van der Waals surface area contributed by atoms with Crippen molar-refractivity contribution >= 4 is 23.2 Å². The Balaban J connectivity index is 1.27. The number of anilines is 2. The molecular formula is C42H32N2O2. The third-order valence-corrected chi connectivity index (χ3v) is 7.76. The molecule has 4 nitrogen and oxygen atoms in total. The lowest BCUT2D eigenvalue weighted by Crippen LogP contribution is -2.22. The van der Waals surface area contributed by atoms with E-state index in [-0.39, 0.29) is 11.8 Å². The quantitative estimate of drug-likeness (QED) is 0.173. The van der Waals surface area contributed by atoms with E-state index in [1.807, 2.05) is 170 Å². The van der Waals surface area contributed by atoms with Gasteiger partial charge >= 0.3 is 0 Å². The van der Waals surface area contributed by atoms with Crippen molar-refractivity contribution in [3.63, 3.8) is 0 Å². The van der Waals surface area contributed by atoms with Crippen molar-refractivity contribution in [1.82, 2.24) is 0 Å². The molecule has 0 bridgehead atoms. The topological polar surface area (TPSA) is 58.2 Å². The van der Waals surface area contributed by atoms with E-state index < -0.39 is 11.8 Å². The number of amides is 2. The Morgan fingerprint density at radius 1 is 0.370 bits per heavy atom. The molecule has 0 aliphatic carbocycles. The SMILES string of the molecule is O=C(Nc1ccccc1C#Cc1ccccc1NC(=O)C(c1ccccc1)c1ccccc1)C(c1ccccc1)c1ccccc1. The fourth-order valence-electron chi connectivity index (χ4n) is 5.52. The average molecular weight is 597 g/mol. The van der Waals surface area contributed by atoms with E-state index >= 15 is 0 Å². The molecule has 4 heteroatoms. The van der Waals surface area contributed by atoms with Gasteiger partial charge in [0.2, 0.25) is 11.8 Å². The average Bonchev–Trinajstić information content (AvgIpc) is 3.10. The number of benzene rings is 6. The first-order valence-corrected chi connectivity index (χ1v) is 15.2. The van der Waals surface area contributed by atoms with Crippen LogP contribution in [0.15, 0.2) is 170 Å². The standard InChI is InChI=1S/C42H32N2O2/c45-41(39(33-19-5-1-6-20-33)34-21-7-2-8-22-34)43-37-27-15-13-17-31(37)29-30-32-18-14-16-28-38(32)44-42(46)40(35-23-9-3-10-24-35)36-25-11-4-12-26-36/h1-28,39-40H,(H,43,45)(H,44,46). The zero-order valence-corrected chi connectivity index (χ0v) is 25.1. The van der Waals surface area contributed by atoms with Crippen molar-refractivity contribution in [3.8, 4) is 11.8 Å².